The average molecular weight is 303 g/mol. The fourth-order valence-electron chi connectivity index (χ4n) is 1.32. The number of hydrogen-bond acceptors (Lipinski definition) is 2. The summed E-state index contributed by atoms with van der Waals surface area (Å²) in [6, 6.07) is 1.88. The highest BCUT2D eigenvalue weighted by atomic mass is 35.5. The lowest BCUT2D eigenvalue weighted by atomic mass is 9.81. The van der Waals surface area contributed by atoms with Gasteiger partial charge in [-0.3, -0.25) is 0 Å². The molecule has 3 N–H and O–H groups in total. The molecule has 0 radical (unpaired) electrons. The molecule has 1 aromatic rings. The van der Waals surface area contributed by atoms with E-state index in [2.05, 4.69) is 0 Å². The normalized spacial score (nSPS) is 13.1. The van der Waals surface area contributed by atoms with Crippen LogP contribution in [0.25, 0.3) is 0 Å². The van der Waals surface area contributed by atoms with Crippen LogP contribution >= 0.6 is 35.6 Å². The number of hydrogen-bond donors (Lipinski definition) is 2. The number of benzene rings is 1. The van der Waals surface area contributed by atoms with Crippen LogP contribution in [0.3, 0.4) is 0 Å². The lowest BCUT2D eigenvalue weighted by Crippen LogP contribution is -2.33. The van der Waals surface area contributed by atoms with Crippen LogP contribution < -0.4 is 5.73 Å². The Morgan fingerprint density at radius 3 is 2.41 bits per heavy atom. The minimum absolute atomic E-state index is 0. The molecule has 0 saturated heterocycles. The second kappa shape index (κ2) is 6.21. The standard InChI is InChI=1S/C11H14Cl2FNO.ClH/c1-11(2,5-16)10(15)8-7(14)4-3-6(12)9(8)13;/h3-4,10,16H,5,15H2,1-2H3;1H/t10-;/m0./s1. The molecule has 0 unspecified atom stereocenters. The molecule has 0 heterocycles. The summed E-state index contributed by atoms with van der Waals surface area (Å²) in [4.78, 5) is 0. The Morgan fingerprint density at radius 1 is 1.41 bits per heavy atom. The summed E-state index contributed by atoms with van der Waals surface area (Å²) in [7, 11) is 0. The van der Waals surface area contributed by atoms with Crippen LogP contribution in [-0.2, 0) is 0 Å². The summed E-state index contributed by atoms with van der Waals surface area (Å²) in [6.07, 6.45) is 0. The van der Waals surface area contributed by atoms with Gasteiger partial charge in [0.25, 0.3) is 0 Å². The van der Waals surface area contributed by atoms with Gasteiger partial charge in [-0.2, -0.15) is 0 Å². The van der Waals surface area contributed by atoms with E-state index in [0.717, 1.165) is 0 Å². The van der Waals surface area contributed by atoms with Gasteiger partial charge in [-0.1, -0.05) is 37.0 Å². The molecule has 0 spiro atoms. The van der Waals surface area contributed by atoms with Crippen molar-refractivity contribution in [3.8, 4) is 0 Å². The zero-order chi connectivity index (χ0) is 12.5. The van der Waals surface area contributed by atoms with Crippen molar-refractivity contribution in [3.05, 3.63) is 33.6 Å². The molecule has 0 aromatic heterocycles. The predicted molar refractivity (Wildman–Crippen MR) is 71.5 cm³/mol. The first kappa shape index (κ1) is 16.9. The minimum atomic E-state index is -0.719. The fraction of sp³-hybridized carbons (Fsp3) is 0.455. The third-order valence-electron chi connectivity index (χ3n) is 2.64. The molecule has 1 atom stereocenters. The first-order valence-electron chi connectivity index (χ1n) is 4.81. The fourth-order valence-corrected chi connectivity index (χ4v) is 1.75. The number of aliphatic hydroxyl groups excluding tert-OH is 1. The molecule has 0 bridgehead atoms. The van der Waals surface area contributed by atoms with Crippen LogP contribution in [0, 0.1) is 11.2 Å². The molecule has 2 nitrogen and oxygen atoms in total. The van der Waals surface area contributed by atoms with Crippen LogP contribution in [0.5, 0.6) is 0 Å². The van der Waals surface area contributed by atoms with Crippen molar-refractivity contribution in [3.63, 3.8) is 0 Å². The third-order valence-corrected chi connectivity index (χ3v) is 3.46. The summed E-state index contributed by atoms with van der Waals surface area (Å²) in [5.41, 5.74) is 5.39. The Kier molecular flexibility index (Phi) is 6.19. The highest BCUT2D eigenvalue weighted by Crippen LogP contribution is 2.38. The molecular formula is C11H15Cl3FNO. The van der Waals surface area contributed by atoms with Crippen LogP contribution in [-0.4, -0.2) is 11.7 Å². The van der Waals surface area contributed by atoms with Crippen molar-refractivity contribution in [1.29, 1.82) is 0 Å². The maximum Gasteiger partial charge on any atom is 0.129 e. The van der Waals surface area contributed by atoms with Crippen molar-refractivity contribution >= 4 is 35.6 Å². The molecule has 17 heavy (non-hydrogen) atoms. The van der Waals surface area contributed by atoms with Gasteiger partial charge in [0.15, 0.2) is 0 Å². The van der Waals surface area contributed by atoms with E-state index in [0.29, 0.717) is 0 Å². The Bertz CT molecular complexity index is 399. The molecule has 0 amide bonds. The molecule has 6 heteroatoms. The molecule has 0 aliphatic carbocycles. The van der Waals surface area contributed by atoms with Gasteiger partial charge in [-0.25, -0.2) is 4.39 Å². The van der Waals surface area contributed by atoms with Crippen molar-refractivity contribution in [2.75, 3.05) is 6.61 Å². The lowest BCUT2D eigenvalue weighted by Gasteiger charge is -2.30. The molecule has 0 saturated carbocycles. The van der Waals surface area contributed by atoms with Crippen LogP contribution in [0.4, 0.5) is 4.39 Å². The van der Waals surface area contributed by atoms with Gasteiger partial charge in [0.2, 0.25) is 0 Å². The summed E-state index contributed by atoms with van der Waals surface area (Å²) in [5, 5.41) is 9.56. The summed E-state index contributed by atoms with van der Waals surface area (Å²) in [5.74, 6) is -0.511. The van der Waals surface area contributed by atoms with E-state index in [4.69, 9.17) is 28.9 Å². The predicted octanol–water partition coefficient (Wildman–Crippen LogP) is 3.57. The van der Waals surface area contributed by atoms with Gasteiger partial charge in [0, 0.05) is 23.6 Å². The number of rotatable bonds is 3. The van der Waals surface area contributed by atoms with E-state index >= 15 is 0 Å². The molecule has 98 valence electrons. The van der Waals surface area contributed by atoms with E-state index in [1.165, 1.54) is 12.1 Å². The van der Waals surface area contributed by atoms with E-state index in [1.807, 2.05) is 0 Å². The maximum atomic E-state index is 13.6. The Labute approximate surface area is 116 Å². The van der Waals surface area contributed by atoms with Crippen molar-refractivity contribution in [1.82, 2.24) is 0 Å². The smallest absolute Gasteiger partial charge is 0.129 e. The van der Waals surface area contributed by atoms with E-state index in [-0.39, 0.29) is 34.6 Å². The molecule has 0 fully saturated rings. The van der Waals surface area contributed by atoms with E-state index in [1.54, 1.807) is 13.8 Å². The molecular weight excluding hydrogens is 287 g/mol. The van der Waals surface area contributed by atoms with Gasteiger partial charge in [0.05, 0.1) is 10.0 Å². The topological polar surface area (TPSA) is 46.2 Å². The SMILES string of the molecule is CC(C)(CO)[C@@H](N)c1c(F)ccc(Cl)c1Cl.Cl. The average Bonchev–Trinajstić information content (AvgIpc) is 2.24. The molecule has 0 aliphatic heterocycles. The van der Waals surface area contributed by atoms with Crippen molar-refractivity contribution < 1.29 is 9.50 Å². The van der Waals surface area contributed by atoms with Crippen molar-refractivity contribution in [2.24, 2.45) is 11.1 Å². The zero-order valence-electron chi connectivity index (χ0n) is 9.51. The van der Waals surface area contributed by atoms with Crippen LogP contribution in [0.1, 0.15) is 25.5 Å². The summed E-state index contributed by atoms with van der Waals surface area (Å²) < 4.78 is 13.6. The molecule has 0 aliphatic rings. The summed E-state index contributed by atoms with van der Waals surface area (Å²) >= 11 is 11.7. The third kappa shape index (κ3) is 3.46. The molecule has 1 rings (SSSR count). The van der Waals surface area contributed by atoms with Gasteiger partial charge >= 0.3 is 0 Å². The lowest BCUT2D eigenvalue weighted by molar-refractivity contribution is 0.131. The van der Waals surface area contributed by atoms with Gasteiger partial charge in [-0.05, 0) is 12.1 Å². The second-order valence-electron chi connectivity index (χ2n) is 4.38. The van der Waals surface area contributed by atoms with Gasteiger partial charge in [0.1, 0.15) is 5.82 Å². The van der Waals surface area contributed by atoms with Gasteiger partial charge in [-0.15, -0.1) is 12.4 Å². The van der Waals surface area contributed by atoms with Crippen LogP contribution in [0.15, 0.2) is 12.1 Å². The molecule has 1 aromatic carbocycles. The monoisotopic (exact) mass is 301 g/mol. The summed E-state index contributed by atoms with van der Waals surface area (Å²) in [6.45, 7) is 3.29. The quantitative estimate of drug-likeness (QED) is 0.838. The maximum absolute atomic E-state index is 13.6. The Hall–Kier alpha value is -0.0600. The Balaban J connectivity index is 0.00000256. The zero-order valence-corrected chi connectivity index (χ0v) is 11.8. The van der Waals surface area contributed by atoms with Gasteiger partial charge < -0.3 is 10.8 Å². The number of aliphatic hydroxyl groups is 1. The largest absolute Gasteiger partial charge is 0.396 e. The number of nitrogens with two attached hydrogens (primary N) is 1. The van der Waals surface area contributed by atoms with Crippen LogP contribution in [0.2, 0.25) is 10.0 Å². The second-order valence-corrected chi connectivity index (χ2v) is 5.17. The minimum Gasteiger partial charge on any atom is -0.396 e. The van der Waals surface area contributed by atoms with E-state index in [9.17, 15) is 9.50 Å². The highest BCUT2D eigenvalue weighted by Gasteiger charge is 2.31. The highest BCUT2D eigenvalue weighted by molar-refractivity contribution is 6.42. The first-order chi connectivity index (χ1) is 7.31. The first-order valence-corrected chi connectivity index (χ1v) is 5.56. The Morgan fingerprint density at radius 2 is 1.94 bits per heavy atom. The van der Waals surface area contributed by atoms with E-state index < -0.39 is 17.3 Å². The van der Waals surface area contributed by atoms with Crippen molar-refractivity contribution in [2.45, 2.75) is 19.9 Å². The number of halogens is 4.